The molecule has 0 N–H and O–H groups in total. The van der Waals surface area contributed by atoms with E-state index in [2.05, 4.69) is 10.9 Å². The average molecular weight is 132 g/mol. The molecule has 2 heteroatoms. The second-order valence-electron chi connectivity index (χ2n) is 1.65. The Morgan fingerprint density at radius 3 is 3.20 bits per heavy atom. The van der Waals surface area contributed by atoms with Gasteiger partial charge in [-0.15, -0.1) is 0 Å². The van der Waals surface area contributed by atoms with Gasteiger partial charge in [-0.3, -0.25) is 4.98 Å². The van der Waals surface area contributed by atoms with Crippen molar-refractivity contribution in [3.05, 3.63) is 30.9 Å². The predicted molar refractivity (Wildman–Crippen MR) is 36.9 cm³/mol. The first-order valence-electron chi connectivity index (χ1n) is 2.86. The zero-order valence-corrected chi connectivity index (χ0v) is 5.37. The van der Waals surface area contributed by atoms with E-state index in [1.54, 1.807) is 24.5 Å². The highest BCUT2D eigenvalue weighted by Gasteiger charge is 1.86. The van der Waals surface area contributed by atoms with Crippen molar-refractivity contribution < 1.29 is 4.74 Å². The lowest BCUT2D eigenvalue weighted by atomic mass is 10.5. The van der Waals surface area contributed by atoms with Gasteiger partial charge in [-0.1, -0.05) is 0 Å². The van der Waals surface area contributed by atoms with E-state index in [-0.39, 0.29) is 6.61 Å². The van der Waals surface area contributed by atoms with Gasteiger partial charge in [-0.2, -0.15) is 0 Å². The van der Waals surface area contributed by atoms with E-state index in [1.807, 2.05) is 0 Å². The summed E-state index contributed by atoms with van der Waals surface area (Å²) in [7, 11) is 0. The van der Waals surface area contributed by atoms with Crippen molar-refractivity contribution in [2.45, 2.75) is 0 Å². The summed E-state index contributed by atoms with van der Waals surface area (Å²) in [4.78, 5) is 3.82. The first-order chi connectivity index (χ1) is 4.93. The number of rotatable bonds is 2. The Bertz CT molecular complexity index is 225. The number of ether oxygens (including phenoxy) is 1. The molecule has 0 atom stereocenters. The van der Waals surface area contributed by atoms with Crippen LogP contribution in [0.1, 0.15) is 0 Å². The van der Waals surface area contributed by atoms with Crippen molar-refractivity contribution in [3.8, 4) is 11.7 Å². The molecule has 0 saturated heterocycles. The lowest BCUT2D eigenvalue weighted by Crippen LogP contribution is -1.92. The molecule has 49 valence electrons. The van der Waals surface area contributed by atoms with Gasteiger partial charge in [0.05, 0.1) is 6.20 Å². The molecule has 0 aliphatic heterocycles. The third kappa shape index (κ3) is 1.79. The molecule has 1 aromatic heterocycles. The van der Waals surface area contributed by atoms with Crippen LogP contribution in [0.25, 0.3) is 0 Å². The minimum Gasteiger partial charge on any atom is -0.479 e. The predicted octanol–water partition coefficient (Wildman–Crippen LogP) is 1.05. The molecule has 0 aromatic carbocycles. The summed E-state index contributed by atoms with van der Waals surface area (Å²) in [6.45, 7) is 0.186. The van der Waals surface area contributed by atoms with E-state index in [1.165, 1.54) is 0 Å². The quantitative estimate of drug-likeness (QED) is 0.561. The minimum atomic E-state index is 0.186. The van der Waals surface area contributed by atoms with Crippen molar-refractivity contribution in [1.82, 2.24) is 4.98 Å². The standard InChI is InChI=1S/C8H6NO/c1-2-6-10-8-4-3-5-9-7-8/h3-5,7H,6H2. The number of pyridine rings is 1. The molecule has 0 unspecified atom stereocenters. The van der Waals surface area contributed by atoms with E-state index in [9.17, 15) is 0 Å². The molecule has 1 radical (unpaired) electrons. The first kappa shape index (κ1) is 6.63. The molecule has 0 fully saturated rings. The van der Waals surface area contributed by atoms with Crippen LogP contribution in [-0.4, -0.2) is 11.6 Å². The lowest BCUT2D eigenvalue weighted by Gasteiger charge is -1.97. The van der Waals surface area contributed by atoms with Gasteiger partial charge in [0.1, 0.15) is 12.4 Å². The Balaban J connectivity index is 2.52. The molecule has 0 spiro atoms. The summed E-state index contributed by atoms with van der Waals surface area (Å²) < 4.78 is 4.99. The number of nitrogens with zero attached hydrogens (tertiary/aromatic N) is 1. The van der Waals surface area contributed by atoms with Gasteiger partial charge in [0.25, 0.3) is 0 Å². The molecular weight excluding hydrogens is 126 g/mol. The van der Waals surface area contributed by atoms with Crippen LogP contribution < -0.4 is 4.74 Å². The lowest BCUT2D eigenvalue weighted by molar-refractivity contribution is 0.368. The Morgan fingerprint density at radius 1 is 1.70 bits per heavy atom. The molecule has 2 nitrogen and oxygen atoms in total. The molecule has 1 heterocycles. The van der Waals surface area contributed by atoms with Crippen molar-refractivity contribution in [2.75, 3.05) is 6.61 Å². The zero-order valence-electron chi connectivity index (χ0n) is 5.37. The number of aromatic nitrogens is 1. The summed E-state index contributed by atoms with van der Waals surface area (Å²) in [6.07, 6.45) is 9.82. The highest BCUT2D eigenvalue weighted by molar-refractivity contribution is 5.15. The third-order valence-corrected chi connectivity index (χ3v) is 0.945. The largest absolute Gasteiger partial charge is 0.479 e. The van der Waals surface area contributed by atoms with E-state index in [0.717, 1.165) is 0 Å². The average Bonchev–Trinajstić information content (AvgIpc) is 2.03. The van der Waals surface area contributed by atoms with Crippen LogP contribution in [0.2, 0.25) is 0 Å². The zero-order chi connectivity index (χ0) is 7.23. The van der Waals surface area contributed by atoms with Gasteiger partial charge in [0.2, 0.25) is 0 Å². The summed E-state index contributed by atoms with van der Waals surface area (Å²) >= 11 is 0. The molecule has 0 aliphatic rings. The van der Waals surface area contributed by atoms with Gasteiger partial charge in [-0.05, 0) is 24.5 Å². The maximum Gasteiger partial charge on any atom is 0.150 e. The molecule has 0 saturated carbocycles. The van der Waals surface area contributed by atoms with Gasteiger partial charge in [0.15, 0.2) is 0 Å². The Morgan fingerprint density at radius 2 is 2.60 bits per heavy atom. The number of hydrogen-bond donors (Lipinski definition) is 0. The summed E-state index contributed by atoms with van der Waals surface area (Å²) in [5.74, 6) is 2.78. The second-order valence-corrected chi connectivity index (χ2v) is 1.65. The second kappa shape index (κ2) is 3.52. The monoisotopic (exact) mass is 132 g/mol. The van der Waals surface area contributed by atoms with Crippen LogP contribution in [0, 0.1) is 12.3 Å². The summed E-state index contributed by atoms with van der Waals surface area (Å²) in [5.41, 5.74) is 0. The van der Waals surface area contributed by atoms with E-state index in [0.29, 0.717) is 5.75 Å². The minimum absolute atomic E-state index is 0.186. The van der Waals surface area contributed by atoms with E-state index < -0.39 is 0 Å². The van der Waals surface area contributed by atoms with E-state index in [4.69, 9.17) is 11.2 Å². The van der Waals surface area contributed by atoms with E-state index >= 15 is 0 Å². The van der Waals surface area contributed by atoms with Crippen LogP contribution in [0.15, 0.2) is 24.5 Å². The highest BCUT2D eigenvalue weighted by atomic mass is 16.5. The van der Waals surface area contributed by atoms with Gasteiger partial charge >= 0.3 is 0 Å². The fraction of sp³-hybridized carbons (Fsp3) is 0.125. The fourth-order valence-corrected chi connectivity index (χ4v) is 0.552. The van der Waals surface area contributed by atoms with Crippen molar-refractivity contribution in [2.24, 2.45) is 0 Å². The van der Waals surface area contributed by atoms with Crippen molar-refractivity contribution in [1.29, 1.82) is 0 Å². The molecule has 0 amide bonds. The van der Waals surface area contributed by atoms with Crippen molar-refractivity contribution >= 4 is 0 Å². The number of hydrogen-bond acceptors (Lipinski definition) is 2. The maximum atomic E-state index is 6.56. The van der Waals surface area contributed by atoms with Gasteiger partial charge in [0, 0.05) is 6.20 Å². The van der Waals surface area contributed by atoms with Crippen molar-refractivity contribution in [3.63, 3.8) is 0 Å². The molecule has 10 heavy (non-hydrogen) atoms. The fourth-order valence-electron chi connectivity index (χ4n) is 0.552. The van der Waals surface area contributed by atoms with Crippen LogP contribution in [0.4, 0.5) is 0 Å². The van der Waals surface area contributed by atoms with Crippen LogP contribution in [0.3, 0.4) is 0 Å². The normalized spacial score (nSPS) is 8.30. The molecule has 0 aliphatic carbocycles. The highest BCUT2D eigenvalue weighted by Crippen LogP contribution is 2.04. The molecule has 0 bridgehead atoms. The Kier molecular flexibility index (Phi) is 2.33. The molecular formula is C8H6NO. The van der Waals surface area contributed by atoms with Crippen LogP contribution in [-0.2, 0) is 0 Å². The van der Waals surface area contributed by atoms with Crippen LogP contribution in [0.5, 0.6) is 5.75 Å². The van der Waals surface area contributed by atoms with Gasteiger partial charge < -0.3 is 4.74 Å². The molecule has 1 aromatic rings. The van der Waals surface area contributed by atoms with Gasteiger partial charge in [-0.25, -0.2) is 0 Å². The summed E-state index contributed by atoms with van der Waals surface area (Å²) in [6, 6.07) is 3.56. The maximum absolute atomic E-state index is 6.56. The smallest absolute Gasteiger partial charge is 0.150 e. The SMILES string of the molecule is [C]#CCOc1cccnc1. The third-order valence-electron chi connectivity index (χ3n) is 0.945. The Hall–Kier alpha value is -1.49. The first-order valence-corrected chi connectivity index (χ1v) is 2.86. The topological polar surface area (TPSA) is 22.1 Å². The summed E-state index contributed by atoms with van der Waals surface area (Å²) in [5, 5.41) is 0. The molecule has 1 rings (SSSR count). The van der Waals surface area contributed by atoms with Crippen LogP contribution >= 0.6 is 0 Å². The Labute approximate surface area is 59.9 Å².